The standard InChI is InChI=1S/C14H17FN2/c15-13-5-3-4-12(10-13)6-8-14(11-16)7-1-2-9-17-14/h3-5,10,17H,1-2,6-9H2. The summed E-state index contributed by atoms with van der Waals surface area (Å²) in [5.41, 5.74) is 0.567. The summed E-state index contributed by atoms with van der Waals surface area (Å²) in [6.07, 6.45) is 4.65. The molecule has 0 aliphatic carbocycles. The first-order valence-electron chi connectivity index (χ1n) is 6.15. The molecule has 90 valence electrons. The Morgan fingerprint density at radius 3 is 2.94 bits per heavy atom. The molecule has 0 amide bonds. The van der Waals surface area contributed by atoms with E-state index in [1.165, 1.54) is 6.07 Å². The molecule has 2 rings (SSSR count). The Morgan fingerprint density at radius 1 is 1.41 bits per heavy atom. The normalized spacial score (nSPS) is 24.2. The molecule has 2 nitrogen and oxygen atoms in total. The molecular weight excluding hydrogens is 215 g/mol. The first kappa shape index (κ1) is 12.1. The predicted molar refractivity (Wildman–Crippen MR) is 64.9 cm³/mol. The van der Waals surface area contributed by atoms with Crippen LogP contribution < -0.4 is 5.32 Å². The molecule has 1 heterocycles. The largest absolute Gasteiger partial charge is 0.299 e. The second-order valence-corrected chi connectivity index (χ2v) is 4.71. The third-order valence-electron chi connectivity index (χ3n) is 3.44. The fourth-order valence-electron chi connectivity index (χ4n) is 2.38. The topological polar surface area (TPSA) is 35.8 Å². The summed E-state index contributed by atoms with van der Waals surface area (Å²) in [6.45, 7) is 0.913. The number of hydrogen-bond donors (Lipinski definition) is 1. The highest BCUT2D eigenvalue weighted by atomic mass is 19.1. The molecule has 1 N–H and O–H groups in total. The lowest BCUT2D eigenvalue weighted by Crippen LogP contribution is -2.47. The van der Waals surface area contributed by atoms with Gasteiger partial charge >= 0.3 is 0 Å². The van der Waals surface area contributed by atoms with Gasteiger partial charge in [-0.15, -0.1) is 0 Å². The van der Waals surface area contributed by atoms with Crippen LogP contribution in [-0.2, 0) is 6.42 Å². The van der Waals surface area contributed by atoms with Crippen molar-refractivity contribution < 1.29 is 4.39 Å². The number of benzene rings is 1. The number of aryl methyl sites for hydroxylation is 1. The van der Waals surface area contributed by atoms with Crippen molar-refractivity contribution in [2.75, 3.05) is 6.54 Å². The van der Waals surface area contributed by atoms with Gasteiger partial charge in [-0.3, -0.25) is 5.32 Å². The van der Waals surface area contributed by atoms with E-state index in [1.54, 1.807) is 12.1 Å². The maximum atomic E-state index is 13.0. The number of halogens is 1. The van der Waals surface area contributed by atoms with Gasteiger partial charge in [0.25, 0.3) is 0 Å². The van der Waals surface area contributed by atoms with E-state index in [9.17, 15) is 9.65 Å². The summed E-state index contributed by atoms with van der Waals surface area (Å²) in [7, 11) is 0. The van der Waals surface area contributed by atoms with Crippen LogP contribution in [0.15, 0.2) is 24.3 Å². The van der Waals surface area contributed by atoms with E-state index < -0.39 is 5.54 Å². The van der Waals surface area contributed by atoms with Crippen LogP contribution in [0, 0.1) is 17.1 Å². The molecule has 0 saturated carbocycles. The second kappa shape index (κ2) is 5.29. The fraction of sp³-hybridized carbons (Fsp3) is 0.500. The molecule has 1 aromatic carbocycles. The van der Waals surface area contributed by atoms with E-state index in [0.717, 1.165) is 44.2 Å². The van der Waals surface area contributed by atoms with Gasteiger partial charge < -0.3 is 0 Å². The first-order valence-corrected chi connectivity index (χ1v) is 6.15. The third-order valence-corrected chi connectivity index (χ3v) is 3.44. The van der Waals surface area contributed by atoms with E-state index >= 15 is 0 Å². The lowest BCUT2D eigenvalue weighted by molar-refractivity contribution is 0.305. The van der Waals surface area contributed by atoms with E-state index in [2.05, 4.69) is 11.4 Å². The van der Waals surface area contributed by atoms with Gasteiger partial charge in [0.1, 0.15) is 11.4 Å². The summed E-state index contributed by atoms with van der Waals surface area (Å²) in [5, 5.41) is 12.6. The highest BCUT2D eigenvalue weighted by molar-refractivity contribution is 5.18. The third kappa shape index (κ3) is 3.04. The molecule has 1 aromatic rings. The average molecular weight is 232 g/mol. The van der Waals surface area contributed by atoms with E-state index in [4.69, 9.17) is 0 Å². The maximum absolute atomic E-state index is 13.0. The number of nitriles is 1. The summed E-state index contributed by atoms with van der Waals surface area (Å²) < 4.78 is 13.0. The predicted octanol–water partition coefficient (Wildman–Crippen LogP) is 2.79. The van der Waals surface area contributed by atoms with Crippen molar-refractivity contribution in [2.45, 2.75) is 37.6 Å². The number of nitrogens with zero attached hydrogens (tertiary/aromatic N) is 1. The Kier molecular flexibility index (Phi) is 3.75. The Hall–Kier alpha value is -1.40. The van der Waals surface area contributed by atoms with Gasteiger partial charge in [0.05, 0.1) is 6.07 Å². The van der Waals surface area contributed by atoms with Crippen LogP contribution in [-0.4, -0.2) is 12.1 Å². The molecular formula is C14H17FN2. The molecule has 0 radical (unpaired) electrons. The molecule has 1 aliphatic heterocycles. The monoisotopic (exact) mass is 232 g/mol. The van der Waals surface area contributed by atoms with Crippen LogP contribution in [0.5, 0.6) is 0 Å². The molecule has 1 unspecified atom stereocenters. The molecule has 0 aromatic heterocycles. The quantitative estimate of drug-likeness (QED) is 0.869. The minimum absolute atomic E-state index is 0.204. The zero-order chi connectivity index (χ0) is 12.1. The van der Waals surface area contributed by atoms with Gasteiger partial charge in [-0.1, -0.05) is 12.1 Å². The Labute approximate surface area is 101 Å². The molecule has 0 bridgehead atoms. The number of rotatable bonds is 3. The van der Waals surface area contributed by atoms with Crippen molar-refractivity contribution in [3.05, 3.63) is 35.6 Å². The number of hydrogen-bond acceptors (Lipinski definition) is 2. The van der Waals surface area contributed by atoms with Gasteiger partial charge in [0.2, 0.25) is 0 Å². The highest BCUT2D eigenvalue weighted by Crippen LogP contribution is 2.24. The average Bonchev–Trinajstić information content (AvgIpc) is 2.38. The van der Waals surface area contributed by atoms with E-state index in [1.807, 2.05) is 6.07 Å². The van der Waals surface area contributed by atoms with Gasteiger partial charge in [0.15, 0.2) is 0 Å². The Bertz CT molecular complexity index is 416. The molecule has 0 spiro atoms. The van der Waals surface area contributed by atoms with Crippen LogP contribution in [0.25, 0.3) is 0 Å². The van der Waals surface area contributed by atoms with Crippen molar-refractivity contribution in [1.82, 2.24) is 5.32 Å². The van der Waals surface area contributed by atoms with Gasteiger partial charge in [-0.2, -0.15) is 5.26 Å². The first-order chi connectivity index (χ1) is 8.24. The second-order valence-electron chi connectivity index (χ2n) is 4.71. The van der Waals surface area contributed by atoms with E-state index in [0.29, 0.717) is 0 Å². The lowest BCUT2D eigenvalue weighted by atomic mass is 9.85. The van der Waals surface area contributed by atoms with Crippen molar-refractivity contribution in [3.63, 3.8) is 0 Å². The SMILES string of the molecule is N#CC1(CCc2cccc(F)c2)CCCCN1. The summed E-state index contributed by atoms with van der Waals surface area (Å²) in [4.78, 5) is 0. The van der Waals surface area contributed by atoms with Crippen LogP contribution in [0.1, 0.15) is 31.2 Å². The molecule has 1 fully saturated rings. The fourth-order valence-corrected chi connectivity index (χ4v) is 2.38. The maximum Gasteiger partial charge on any atom is 0.123 e. The minimum Gasteiger partial charge on any atom is -0.299 e. The summed E-state index contributed by atoms with van der Waals surface area (Å²) in [6, 6.07) is 9.03. The van der Waals surface area contributed by atoms with Crippen LogP contribution in [0.3, 0.4) is 0 Å². The molecule has 1 atom stereocenters. The summed E-state index contributed by atoms with van der Waals surface area (Å²) >= 11 is 0. The molecule has 1 aliphatic rings. The van der Waals surface area contributed by atoms with Gasteiger partial charge in [-0.05, 0) is 56.3 Å². The van der Waals surface area contributed by atoms with Crippen molar-refractivity contribution in [1.29, 1.82) is 5.26 Å². The van der Waals surface area contributed by atoms with Crippen molar-refractivity contribution >= 4 is 0 Å². The zero-order valence-electron chi connectivity index (χ0n) is 9.88. The van der Waals surface area contributed by atoms with E-state index in [-0.39, 0.29) is 5.82 Å². The zero-order valence-corrected chi connectivity index (χ0v) is 9.88. The minimum atomic E-state index is -0.398. The summed E-state index contributed by atoms with van der Waals surface area (Å²) in [5.74, 6) is -0.204. The lowest BCUT2D eigenvalue weighted by Gasteiger charge is -2.32. The van der Waals surface area contributed by atoms with Crippen molar-refractivity contribution in [3.8, 4) is 6.07 Å². The van der Waals surface area contributed by atoms with Gasteiger partial charge in [0, 0.05) is 0 Å². The smallest absolute Gasteiger partial charge is 0.123 e. The Morgan fingerprint density at radius 2 is 2.29 bits per heavy atom. The highest BCUT2D eigenvalue weighted by Gasteiger charge is 2.30. The van der Waals surface area contributed by atoms with Gasteiger partial charge in [-0.25, -0.2) is 4.39 Å². The van der Waals surface area contributed by atoms with Crippen molar-refractivity contribution in [2.24, 2.45) is 0 Å². The Balaban J connectivity index is 1.98. The molecule has 3 heteroatoms. The number of piperidine rings is 1. The van der Waals surface area contributed by atoms with Crippen LogP contribution in [0.4, 0.5) is 4.39 Å². The van der Waals surface area contributed by atoms with Crippen LogP contribution >= 0.6 is 0 Å². The number of nitrogens with one attached hydrogen (secondary N) is 1. The van der Waals surface area contributed by atoms with Crippen LogP contribution in [0.2, 0.25) is 0 Å². The molecule has 1 saturated heterocycles. The molecule has 17 heavy (non-hydrogen) atoms.